The van der Waals surface area contributed by atoms with Crippen LogP contribution in [0.25, 0.3) is 0 Å². The summed E-state index contributed by atoms with van der Waals surface area (Å²) in [5, 5.41) is 6.37. The maximum Gasteiger partial charge on any atom is 0.224 e. The molecule has 0 fully saturated rings. The predicted molar refractivity (Wildman–Crippen MR) is 96.2 cm³/mol. The van der Waals surface area contributed by atoms with Crippen molar-refractivity contribution in [2.75, 3.05) is 33.3 Å². The van der Waals surface area contributed by atoms with Crippen molar-refractivity contribution in [3.63, 3.8) is 0 Å². The second-order valence-corrected chi connectivity index (χ2v) is 5.15. The molecule has 7 heteroatoms. The van der Waals surface area contributed by atoms with Gasteiger partial charge >= 0.3 is 0 Å². The van der Waals surface area contributed by atoms with Gasteiger partial charge in [-0.05, 0) is 26.3 Å². The van der Waals surface area contributed by atoms with Gasteiger partial charge in [-0.3, -0.25) is 4.79 Å². The number of pyridine rings is 1. The Hall–Kier alpha value is -2.31. The molecule has 1 amide bonds. The first-order valence-corrected chi connectivity index (χ1v) is 8.43. The molecule has 1 rings (SSSR count). The number of carbonyl (C=O) groups is 1. The Kier molecular flexibility index (Phi) is 9.26. The van der Waals surface area contributed by atoms with E-state index in [-0.39, 0.29) is 5.91 Å². The maximum atomic E-state index is 12.0. The Bertz CT molecular complexity index is 512. The average Bonchev–Trinajstić information content (AvgIpc) is 2.61. The number of methoxy groups -OCH3 is 1. The van der Waals surface area contributed by atoms with Gasteiger partial charge in [0.2, 0.25) is 11.8 Å². The van der Waals surface area contributed by atoms with E-state index in [9.17, 15) is 4.79 Å². The van der Waals surface area contributed by atoms with Crippen LogP contribution in [0.2, 0.25) is 0 Å². The largest absolute Gasteiger partial charge is 0.481 e. The molecule has 2 N–H and O–H groups in total. The highest BCUT2D eigenvalue weighted by molar-refractivity contribution is 5.81. The second kappa shape index (κ2) is 11.3. The fourth-order valence-corrected chi connectivity index (χ4v) is 2.16. The molecule has 0 aliphatic rings. The minimum atomic E-state index is 0.155. The quantitative estimate of drug-likeness (QED) is 0.527. The van der Waals surface area contributed by atoms with Crippen molar-refractivity contribution in [2.24, 2.45) is 4.99 Å². The highest BCUT2D eigenvalue weighted by Gasteiger charge is 2.09. The molecular formula is C17H29N5O2. The maximum absolute atomic E-state index is 12.0. The van der Waals surface area contributed by atoms with Crippen LogP contribution >= 0.6 is 0 Å². The zero-order valence-corrected chi connectivity index (χ0v) is 15.1. The average molecular weight is 335 g/mol. The van der Waals surface area contributed by atoms with Crippen LogP contribution in [0, 0.1) is 0 Å². The Balaban J connectivity index is 2.51. The van der Waals surface area contributed by atoms with Crippen LogP contribution in [0.1, 0.15) is 32.8 Å². The molecule has 1 aromatic heterocycles. The molecule has 0 bridgehead atoms. The van der Waals surface area contributed by atoms with Gasteiger partial charge in [-0.1, -0.05) is 6.07 Å². The van der Waals surface area contributed by atoms with Crippen molar-refractivity contribution in [1.82, 2.24) is 20.5 Å². The van der Waals surface area contributed by atoms with Crippen LogP contribution in [-0.4, -0.2) is 55.0 Å². The molecule has 0 saturated carbocycles. The van der Waals surface area contributed by atoms with Crippen LogP contribution < -0.4 is 15.4 Å². The van der Waals surface area contributed by atoms with Gasteiger partial charge in [0.1, 0.15) is 0 Å². The Morgan fingerprint density at radius 3 is 2.54 bits per heavy atom. The van der Waals surface area contributed by atoms with Gasteiger partial charge in [0, 0.05) is 44.9 Å². The SMILES string of the molecule is CCNC(=NCc1ccc(OC)nc1)NCCC(=O)N(CC)CC. The van der Waals surface area contributed by atoms with Crippen molar-refractivity contribution in [3.05, 3.63) is 23.9 Å². The van der Waals surface area contributed by atoms with Crippen molar-refractivity contribution in [1.29, 1.82) is 0 Å². The predicted octanol–water partition coefficient (Wildman–Crippen LogP) is 1.40. The summed E-state index contributed by atoms with van der Waals surface area (Å²) in [6.07, 6.45) is 2.20. The number of aromatic nitrogens is 1. The Labute approximate surface area is 144 Å². The summed E-state index contributed by atoms with van der Waals surface area (Å²) in [6.45, 7) is 9.30. The summed E-state index contributed by atoms with van der Waals surface area (Å²) in [5.41, 5.74) is 0.993. The van der Waals surface area contributed by atoms with Crippen LogP contribution in [-0.2, 0) is 11.3 Å². The summed E-state index contributed by atoms with van der Waals surface area (Å²) in [7, 11) is 1.59. The van der Waals surface area contributed by atoms with E-state index in [1.807, 2.05) is 37.8 Å². The summed E-state index contributed by atoms with van der Waals surface area (Å²) >= 11 is 0. The molecule has 0 aromatic carbocycles. The number of aliphatic imine (C=N–C) groups is 1. The van der Waals surface area contributed by atoms with Gasteiger partial charge in [-0.15, -0.1) is 0 Å². The normalized spacial score (nSPS) is 11.1. The van der Waals surface area contributed by atoms with E-state index in [2.05, 4.69) is 20.6 Å². The molecule has 24 heavy (non-hydrogen) atoms. The molecule has 0 aliphatic carbocycles. The standard InChI is InChI=1S/C17H29N5O2/c1-5-18-17(19-11-10-16(23)22(6-2)7-3)21-13-14-8-9-15(24-4)20-12-14/h8-9,12H,5-7,10-11,13H2,1-4H3,(H2,18,19,21). The molecule has 134 valence electrons. The van der Waals surface area contributed by atoms with Crippen molar-refractivity contribution in [2.45, 2.75) is 33.7 Å². The summed E-state index contributed by atoms with van der Waals surface area (Å²) in [4.78, 5) is 22.5. The van der Waals surface area contributed by atoms with Gasteiger partial charge in [0.05, 0.1) is 13.7 Å². The molecule has 1 aromatic rings. The fraction of sp³-hybridized carbons (Fsp3) is 0.588. The van der Waals surface area contributed by atoms with Crippen molar-refractivity contribution in [3.8, 4) is 5.88 Å². The molecule has 0 atom stereocenters. The number of hydrogen-bond donors (Lipinski definition) is 2. The van der Waals surface area contributed by atoms with E-state index < -0.39 is 0 Å². The van der Waals surface area contributed by atoms with E-state index in [1.165, 1.54) is 0 Å². The zero-order valence-electron chi connectivity index (χ0n) is 15.1. The zero-order chi connectivity index (χ0) is 17.8. The summed E-state index contributed by atoms with van der Waals surface area (Å²) in [5.74, 6) is 1.44. The number of rotatable bonds is 9. The van der Waals surface area contributed by atoms with E-state index in [0.29, 0.717) is 31.3 Å². The minimum Gasteiger partial charge on any atom is -0.481 e. The molecule has 0 saturated heterocycles. The smallest absolute Gasteiger partial charge is 0.224 e. The van der Waals surface area contributed by atoms with Gasteiger partial charge in [-0.2, -0.15) is 0 Å². The first-order chi connectivity index (χ1) is 11.6. The number of carbonyl (C=O) groups excluding carboxylic acids is 1. The number of nitrogens with zero attached hydrogens (tertiary/aromatic N) is 3. The second-order valence-electron chi connectivity index (χ2n) is 5.15. The van der Waals surface area contributed by atoms with Gasteiger partial charge < -0.3 is 20.3 Å². The monoisotopic (exact) mass is 335 g/mol. The fourth-order valence-electron chi connectivity index (χ4n) is 2.16. The number of ether oxygens (including phenoxy) is 1. The van der Waals surface area contributed by atoms with Gasteiger partial charge in [-0.25, -0.2) is 9.98 Å². The lowest BCUT2D eigenvalue weighted by molar-refractivity contribution is -0.130. The number of amides is 1. The molecule has 1 heterocycles. The highest BCUT2D eigenvalue weighted by Crippen LogP contribution is 2.07. The topological polar surface area (TPSA) is 78.9 Å². The minimum absolute atomic E-state index is 0.155. The summed E-state index contributed by atoms with van der Waals surface area (Å²) < 4.78 is 5.04. The highest BCUT2D eigenvalue weighted by atomic mass is 16.5. The third-order valence-corrected chi connectivity index (χ3v) is 3.52. The molecule has 7 nitrogen and oxygen atoms in total. The Morgan fingerprint density at radius 1 is 1.25 bits per heavy atom. The summed E-state index contributed by atoms with van der Waals surface area (Å²) in [6, 6.07) is 3.75. The van der Waals surface area contributed by atoms with Crippen LogP contribution in [0.4, 0.5) is 0 Å². The molecule has 0 unspecified atom stereocenters. The van der Waals surface area contributed by atoms with Crippen LogP contribution in [0.5, 0.6) is 5.88 Å². The lowest BCUT2D eigenvalue weighted by Crippen LogP contribution is -2.40. The van der Waals surface area contributed by atoms with Crippen molar-refractivity contribution >= 4 is 11.9 Å². The molecule has 0 aliphatic heterocycles. The Morgan fingerprint density at radius 2 is 2.00 bits per heavy atom. The van der Waals surface area contributed by atoms with Crippen molar-refractivity contribution < 1.29 is 9.53 Å². The third kappa shape index (κ3) is 6.85. The van der Waals surface area contributed by atoms with E-state index in [4.69, 9.17) is 4.74 Å². The lowest BCUT2D eigenvalue weighted by Gasteiger charge is -2.19. The van der Waals surface area contributed by atoms with Gasteiger partial charge in [0.25, 0.3) is 0 Å². The van der Waals surface area contributed by atoms with E-state index in [1.54, 1.807) is 13.3 Å². The first-order valence-electron chi connectivity index (χ1n) is 8.43. The molecular weight excluding hydrogens is 306 g/mol. The van der Waals surface area contributed by atoms with E-state index >= 15 is 0 Å². The van der Waals surface area contributed by atoms with Crippen LogP contribution in [0.3, 0.4) is 0 Å². The lowest BCUT2D eigenvalue weighted by atomic mass is 10.3. The number of nitrogens with one attached hydrogen (secondary N) is 2. The number of guanidine groups is 1. The first kappa shape index (κ1) is 19.7. The van der Waals surface area contributed by atoms with Crippen LogP contribution in [0.15, 0.2) is 23.3 Å². The number of hydrogen-bond acceptors (Lipinski definition) is 4. The molecule has 0 spiro atoms. The third-order valence-electron chi connectivity index (χ3n) is 3.52. The van der Waals surface area contributed by atoms with Gasteiger partial charge in [0.15, 0.2) is 5.96 Å². The molecule has 0 radical (unpaired) electrons. The van der Waals surface area contributed by atoms with E-state index in [0.717, 1.165) is 25.2 Å².